The Balaban J connectivity index is 2.68. The molecule has 0 spiro atoms. The molecular formula is C15H15BrN3O3+. The second-order valence-electron chi connectivity index (χ2n) is 5.66. The number of hydrogen-bond donors (Lipinski definition) is 1. The van der Waals surface area contributed by atoms with E-state index in [9.17, 15) is 9.90 Å². The zero-order chi connectivity index (χ0) is 16.5. The molecule has 0 saturated carbocycles. The van der Waals surface area contributed by atoms with Gasteiger partial charge in [0.05, 0.1) is 11.1 Å². The minimum Gasteiger partial charge on any atom is -0.501 e. The minimum absolute atomic E-state index is 0.262. The van der Waals surface area contributed by atoms with Gasteiger partial charge in [0.2, 0.25) is 11.2 Å². The summed E-state index contributed by atoms with van der Waals surface area (Å²) >= 11 is 3.39. The zero-order valence-electron chi connectivity index (χ0n) is 12.4. The molecule has 0 unspecified atom stereocenters. The molecule has 0 fully saturated rings. The summed E-state index contributed by atoms with van der Waals surface area (Å²) in [5, 5.41) is 19.2. The Kier molecular flexibility index (Phi) is 4.24. The van der Waals surface area contributed by atoms with Crippen LogP contribution >= 0.6 is 15.9 Å². The fraction of sp³-hybridized carbons (Fsp3) is 0.267. The topological polar surface area (TPSA) is 79.6 Å². The maximum Gasteiger partial charge on any atom is 0.419 e. The van der Waals surface area contributed by atoms with Crippen LogP contribution in [-0.2, 0) is 4.74 Å². The molecule has 0 aliphatic rings. The van der Waals surface area contributed by atoms with Crippen molar-refractivity contribution in [2.24, 2.45) is 0 Å². The summed E-state index contributed by atoms with van der Waals surface area (Å²) in [6.45, 7) is 5.32. The number of aromatic nitrogens is 1. The van der Waals surface area contributed by atoms with Crippen molar-refractivity contribution in [3.8, 4) is 0 Å². The van der Waals surface area contributed by atoms with Crippen molar-refractivity contribution < 1.29 is 14.6 Å². The van der Waals surface area contributed by atoms with E-state index in [-0.39, 0.29) is 5.76 Å². The molecule has 0 atom stereocenters. The summed E-state index contributed by atoms with van der Waals surface area (Å²) in [6, 6.07) is 5.29. The Bertz CT molecular complexity index is 810. The second kappa shape index (κ2) is 5.81. The van der Waals surface area contributed by atoms with Crippen molar-refractivity contribution in [1.29, 1.82) is 5.39 Å². The molecule has 0 saturated heterocycles. The van der Waals surface area contributed by atoms with Gasteiger partial charge in [-0.15, -0.1) is 0 Å². The molecule has 1 aromatic carbocycles. The van der Waals surface area contributed by atoms with E-state index < -0.39 is 11.7 Å². The average molecular weight is 365 g/mol. The molecule has 22 heavy (non-hydrogen) atoms. The monoisotopic (exact) mass is 364 g/mol. The summed E-state index contributed by atoms with van der Waals surface area (Å²) in [6.07, 6.45) is 1.78. The highest BCUT2D eigenvalue weighted by Gasteiger charge is 2.23. The normalized spacial score (nSPS) is 12.2. The molecule has 1 heterocycles. The fourth-order valence-electron chi connectivity index (χ4n) is 2.02. The summed E-state index contributed by atoms with van der Waals surface area (Å²) in [7, 11) is 0. The number of rotatable bonds is 1. The minimum atomic E-state index is -0.641. The van der Waals surface area contributed by atoms with E-state index in [2.05, 4.69) is 20.9 Å². The van der Waals surface area contributed by atoms with Crippen molar-refractivity contribution >= 4 is 38.7 Å². The molecule has 114 valence electrons. The molecular weight excluding hydrogens is 350 g/mol. The van der Waals surface area contributed by atoms with Crippen LogP contribution in [0, 0.1) is 5.39 Å². The van der Waals surface area contributed by atoms with Crippen molar-refractivity contribution in [2.45, 2.75) is 26.4 Å². The average Bonchev–Trinajstić information content (AvgIpc) is 2.78. The van der Waals surface area contributed by atoms with Crippen LogP contribution in [-0.4, -0.2) is 21.4 Å². The van der Waals surface area contributed by atoms with Gasteiger partial charge in [-0.05, 0) is 32.9 Å². The van der Waals surface area contributed by atoms with Crippen LogP contribution in [0.5, 0.6) is 0 Å². The number of diazo groups is 1. The maximum atomic E-state index is 12.3. The quantitative estimate of drug-likeness (QED) is 0.576. The third kappa shape index (κ3) is 3.12. The Morgan fingerprint density at radius 1 is 1.45 bits per heavy atom. The lowest BCUT2D eigenvalue weighted by Crippen LogP contribution is -2.26. The van der Waals surface area contributed by atoms with Gasteiger partial charge in [-0.3, -0.25) is 4.57 Å². The van der Waals surface area contributed by atoms with Crippen molar-refractivity contribution in [3.63, 3.8) is 0 Å². The van der Waals surface area contributed by atoms with E-state index >= 15 is 0 Å². The van der Waals surface area contributed by atoms with Gasteiger partial charge in [-0.1, -0.05) is 22.0 Å². The first-order chi connectivity index (χ1) is 10.2. The van der Waals surface area contributed by atoms with Gasteiger partial charge >= 0.3 is 12.3 Å². The highest BCUT2D eigenvalue weighted by Crippen LogP contribution is 2.32. The van der Waals surface area contributed by atoms with Crippen LogP contribution < -0.4 is 0 Å². The molecule has 0 radical (unpaired) electrons. The molecule has 1 aromatic heterocycles. The number of fused-ring (bicyclic) bond motifs is 1. The highest BCUT2D eigenvalue weighted by atomic mass is 79.9. The SMILES string of the molecule is CC(C)(C)OC(=O)n1cc(/C(O)=C/[N+]#N)c2c(Br)cccc21. The van der Waals surface area contributed by atoms with Gasteiger partial charge in [-0.25, -0.2) is 4.79 Å². The summed E-state index contributed by atoms with van der Waals surface area (Å²) in [5.74, 6) is -0.262. The molecule has 2 aromatic rings. The number of benzene rings is 1. The van der Waals surface area contributed by atoms with Crippen LogP contribution in [0.1, 0.15) is 26.3 Å². The van der Waals surface area contributed by atoms with E-state index in [1.807, 2.05) is 0 Å². The van der Waals surface area contributed by atoms with E-state index in [0.717, 1.165) is 6.20 Å². The lowest BCUT2D eigenvalue weighted by molar-refractivity contribution is 0.0544. The third-order valence-electron chi connectivity index (χ3n) is 2.82. The predicted molar refractivity (Wildman–Crippen MR) is 87.0 cm³/mol. The summed E-state index contributed by atoms with van der Waals surface area (Å²) < 4.78 is 7.36. The fourth-order valence-corrected chi connectivity index (χ4v) is 2.59. The molecule has 1 N–H and O–H groups in total. The third-order valence-corrected chi connectivity index (χ3v) is 3.49. The smallest absolute Gasteiger partial charge is 0.419 e. The second-order valence-corrected chi connectivity index (χ2v) is 6.51. The summed E-state index contributed by atoms with van der Waals surface area (Å²) in [5.41, 5.74) is 0.278. The van der Waals surface area contributed by atoms with E-state index in [0.29, 0.717) is 20.9 Å². The summed E-state index contributed by atoms with van der Waals surface area (Å²) in [4.78, 5) is 15.1. The lowest BCUT2D eigenvalue weighted by atomic mass is 10.1. The van der Waals surface area contributed by atoms with Crippen LogP contribution in [0.3, 0.4) is 0 Å². The van der Waals surface area contributed by atoms with Crippen molar-refractivity contribution in [3.05, 3.63) is 45.6 Å². The number of aliphatic hydroxyl groups is 1. The van der Waals surface area contributed by atoms with Gasteiger partial charge in [0, 0.05) is 16.1 Å². The van der Waals surface area contributed by atoms with Crippen LogP contribution in [0.4, 0.5) is 4.79 Å². The van der Waals surface area contributed by atoms with Crippen LogP contribution in [0.2, 0.25) is 0 Å². The van der Waals surface area contributed by atoms with E-state index in [1.54, 1.807) is 39.0 Å². The Morgan fingerprint density at radius 2 is 2.14 bits per heavy atom. The largest absolute Gasteiger partial charge is 0.501 e. The number of ether oxygens (including phenoxy) is 1. The molecule has 6 nitrogen and oxygen atoms in total. The van der Waals surface area contributed by atoms with E-state index in [1.165, 1.54) is 10.8 Å². The number of hydrogen-bond acceptors (Lipinski definition) is 4. The van der Waals surface area contributed by atoms with Gasteiger partial charge in [0.25, 0.3) is 0 Å². The molecule has 0 bridgehead atoms. The van der Waals surface area contributed by atoms with E-state index in [4.69, 9.17) is 10.1 Å². The Labute approximate surface area is 135 Å². The van der Waals surface area contributed by atoms with Crippen LogP contribution in [0.15, 0.2) is 35.1 Å². The molecule has 7 heteroatoms. The van der Waals surface area contributed by atoms with Gasteiger partial charge < -0.3 is 9.84 Å². The molecule has 0 aliphatic heterocycles. The number of aliphatic hydroxyl groups excluding tert-OH is 1. The highest BCUT2D eigenvalue weighted by molar-refractivity contribution is 9.10. The van der Waals surface area contributed by atoms with Gasteiger partial charge in [-0.2, -0.15) is 0 Å². The first-order valence-corrected chi connectivity index (χ1v) is 7.30. The first-order valence-electron chi connectivity index (χ1n) is 6.51. The lowest BCUT2D eigenvalue weighted by Gasteiger charge is -2.19. The number of nitrogens with zero attached hydrogens (tertiary/aromatic N) is 3. The molecule has 0 aliphatic carbocycles. The maximum absolute atomic E-state index is 12.3. The van der Waals surface area contributed by atoms with Crippen molar-refractivity contribution in [2.75, 3.05) is 0 Å². The zero-order valence-corrected chi connectivity index (χ0v) is 14.0. The standard InChI is InChI=1S/C15H14BrN3O3/c1-15(2,3)22-14(21)19-8-9(12(20)7-18-17)13-10(16)5-4-6-11(13)19/h4-8H,1-3H3/p+1/b12-7-. The molecule has 0 amide bonds. The van der Waals surface area contributed by atoms with Crippen LogP contribution in [0.25, 0.3) is 21.6 Å². The predicted octanol–water partition coefficient (Wildman–Crippen LogP) is 4.90. The number of carbonyl (C=O) groups is 1. The first kappa shape index (κ1) is 16.0. The Morgan fingerprint density at radius 3 is 2.73 bits per heavy atom. The van der Waals surface area contributed by atoms with Gasteiger partial charge in [0.1, 0.15) is 5.60 Å². The van der Waals surface area contributed by atoms with Gasteiger partial charge in [0.15, 0.2) is 4.98 Å². The molecule has 2 rings (SSSR count). The van der Waals surface area contributed by atoms with Crippen molar-refractivity contribution in [1.82, 2.24) is 4.57 Å². The number of halogens is 1. The Hall–Kier alpha value is -2.33. The number of carbonyl (C=O) groups excluding carboxylic acids is 1.